The molecule has 0 bridgehead atoms. The third-order valence-corrected chi connectivity index (χ3v) is 6.19. The summed E-state index contributed by atoms with van der Waals surface area (Å²) in [6, 6.07) is 9.96. The third kappa shape index (κ3) is 3.82. The van der Waals surface area contributed by atoms with E-state index in [0.29, 0.717) is 23.8 Å². The summed E-state index contributed by atoms with van der Waals surface area (Å²) < 4.78 is 5.78. The summed E-state index contributed by atoms with van der Waals surface area (Å²) in [5, 5.41) is 3.41. The van der Waals surface area contributed by atoms with Crippen LogP contribution in [0.2, 0.25) is 0 Å². The molecule has 0 radical (unpaired) electrons. The van der Waals surface area contributed by atoms with E-state index >= 15 is 0 Å². The Hall–Kier alpha value is -1.59. The summed E-state index contributed by atoms with van der Waals surface area (Å²) in [5.41, 5.74) is 0.350. The fraction of sp³-hybridized carbons (Fsp3) is 0.650. The van der Waals surface area contributed by atoms with Gasteiger partial charge in [0.15, 0.2) is 0 Å². The molecule has 1 unspecified atom stereocenters. The molecule has 3 aliphatic rings. The Labute approximate surface area is 150 Å². The van der Waals surface area contributed by atoms with Crippen LogP contribution < -0.4 is 10.1 Å². The van der Waals surface area contributed by atoms with E-state index in [4.69, 9.17) is 4.74 Å². The number of rotatable bonds is 5. The molecule has 25 heavy (non-hydrogen) atoms. The van der Waals surface area contributed by atoms with Crippen molar-refractivity contribution in [2.45, 2.75) is 19.3 Å². The monoisotopic (exact) mass is 343 g/mol. The maximum absolute atomic E-state index is 12.8. The molecule has 1 saturated carbocycles. The second-order valence-electron chi connectivity index (χ2n) is 7.70. The number of hydrogen-bond donors (Lipinski definition) is 1. The van der Waals surface area contributed by atoms with Crippen molar-refractivity contribution >= 4 is 5.91 Å². The minimum absolute atomic E-state index is 0.308. The highest BCUT2D eigenvalue weighted by atomic mass is 16.5. The molecule has 1 spiro atoms. The minimum Gasteiger partial charge on any atom is -0.492 e. The molecule has 1 aromatic rings. The summed E-state index contributed by atoms with van der Waals surface area (Å²) in [7, 11) is 0. The van der Waals surface area contributed by atoms with Gasteiger partial charge in [0.1, 0.15) is 12.4 Å². The molecule has 1 N–H and O–H groups in total. The number of amides is 1. The first-order chi connectivity index (χ1) is 12.3. The average molecular weight is 343 g/mol. The summed E-state index contributed by atoms with van der Waals surface area (Å²) in [5.74, 6) is 1.65. The molecule has 4 rings (SSSR count). The molecule has 1 aliphatic carbocycles. The number of piperazine rings is 1. The Morgan fingerprint density at radius 2 is 1.84 bits per heavy atom. The third-order valence-electron chi connectivity index (χ3n) is 6.19. The maximum Gasteiger partial charge on any atom is 0.226 e. The SMILES string of the molecule is O=C(C1CC12CCNCC2)N1CCN(CCOc2ccccc2)CC1. The van der Waals surface area contributed by atoms with Crippen LogP contribution >= 0.6 is 0 Å². The normalized spacial score (nSPS) is 25.8. The van der Waals surface area contributed by atoms with Crippen molar-refractivity contribution in [2.75, 3.05) is 52.4 Å². The number of para-hydroxylation sites is 1. The van der Waals surface area contributed by atoms with Crippen LogP contribution in [0.3, 0.4) is 0 Å². The van der Waals surface area contributed by atoms with E-state index in [-0.39, 0.29) is 0 Å². The molecular formula is C20H29N3O2. The van der Waals surface area contributed by atoms with E-state index in [2.05, 4.69) is 15.1 Å². The van der Waals surface area contributed by atoms with Gasteiger partial charge in [0.25, 0.3) is 0 Å². The van der Waals surface area contributed by atoms with Crippen LogP contribution in [0.5, 0.6) is 5.75 Å². The minimum atomic E-state index is 0.308. The number of nitrogens with zero attached hydrogens (tertiary/aromatic N) is 2. The molecule has 1 amide bonds. The van der Waals surface area contributed by atoms with Gasteiger partial charge in [0, 0.05) is 38.6 Å². The zero-order chi connectivity index (χ0) is 17.1. The van der Waals surface area contributed by atoms with Gasteiger partial charge in [-0.05, 0) is 49.9 Å². The lowest BCUT2D eigenvalue weighted by Gasteiger charge is -2.35. The Morgan fingerprint density at radius 3 is 2.56 bits per heavy atom. The van der Waals surface area contributed by atoms with Crippen molar-refractivity contribution < 1.29 is 9.53 Å². The molecule has 0 aromatic heterocycles. The maximum atomic E-state index is 12.8. The summed E-state index contributed by atoms with van der Waals surface area (Å²) in [6.45, 7) is 7.46. The van der Waals surface area contributed by atoms with Gasteiger partial charge in [-0.15, -0.1) is 0 Å². The van der Waals surface area contributed by atoms with Gasteiger partial charge in [-0.2, -0.15) is 0 Å². The van der Waals surface area contributed by atoms with Crippen LogP contribution in [0, 0.1) is 11.3 Å². The molecule has 136 valence electrons. The van der Waals surface area contributed by atoms with Crippen LogP contribution in [0.1, 0.15) is 19.3 Å². The largest absolute Gasteiger partial charge is 0.492 e. The lowest BCUT2D eigenvalue weighted by molar-refractivity contribution is -0.135. The fourth-order valence-electron chi connectivity index (χ4n) is 4.40. The highest BCUT2D eigenvalue weighted by Gasteiger charge is 2.58. The Morgan fingerprint density at radius 1 is 1.12 bits per heavy atom. The quantitative estimate of drug-likeness (QED) is 0.882. The number of hydrogen-bond acceptors (Lipinski definition) is 4. The number of benzene rings is 1. The molecule has 5 nitrogen and oxygen atoms in total. The van der Waals surface area contributed by atoms with Crippen molar-refractivity contribution in [3.05, 3.63) is 30.3 Å². The molecule has 5 heteroatoms. The fourth-order valence-corrected chi connectivity index (χ4v) is 4.40. The standard InChI is InChI=1S/C20H29N3O2/c24-19(18-16-20(18)6-8-21-9-7-20)23-12-10-22(11-13-23)14-15-25-17-4-2-1-3-5-17/h1-5,18,21H,6-16H2. The van der Waals surface area contributed by atoms with Crippen molar-refractivity contribution in [1.82, 2.24) is 15.1 Å². The summed E-state index contributed by atoms with van der Waals surface area (Å²) in [4.78, 5) is 17.3. The number of piperidine rings is 1. The summed E-state index contributed by atoms with van der Waals surface area (Å²) in [6.07, 6.45) is 3.49. The molecule has 2 aliphatic heterocycles. The van der Waals surface area contributed by atoms with Crippen LogP contribution in [0.25, 0.3) is 0 Å². The average Bonchev–Trinajstić information content (AvgIpc) is 3.36. The second-order valence-corrected chi connectivity index (χ2v) is 7.70. The van der Waals surface area contributed by atoms with E-state index < -0.39 is 0 Å². The van der Waals surface area contributed by atoms with Gasteiger partial charge in [0.05, 0.1) is 0 Å². The van der Waals surface area contributed by atoms with E-state index in [9.17, 15) is 4.79 Å². The first kappa shape index (κ1) is 16.9. The van der Waals surface area contributed by atoms with Gasteiger partial charge >= 0.3 is 0 Å². The Balaban J connectivity index is 1.18. The lowest BCUT2D eigenvalue weighted by atomic mass is 9.91. The van der Waals surface area contributed by atoms with E-state index in [1.807, 2.05) is 30.3 Å². The van der Waals surface area contributed by atoms with Crippen LogP contribution in [-0.2, 0) is 4.79 Å². The molecular weight excluding hydrogens is 314 g/mol. The predicted octanol–water partition coefficient (Wildman–Crippen LogP) is 1.60. The van der Waals surface area contributed by atoms with Crippen LogP contribution in [-0.4, -0.2) is 68.1 Å². The number of carbonyl (C=O) groups excluding carboxylic acids is 1. The van der Waals surface area contributed by atoms with Crippen molar-refractivity contribution in [3.63, 3.8) is 0 Å². The van der Waals surface area contributed by atoms with Crippen LogP contribution in [0.15, 0.2) is 30.3 Å². The van der Waals surface area contributed by atoms with E-state index in [0.717, 1.165) is 58.0 Å². The molecule has 1 aromatic carbocycles. The smallest absolute Gasteiger partial charge is 0.226 e. The topological polar surface area (TPSA) is 44.8 Å². The van der Waals surface area contributed by atoms with Crippen molar-refractivity contribution in [2.24, 2.45) is 11.3 Å². The zero-order valence-corrected chi connectivity index (χ0v) is 15.0. The molecule has 3 fully saturated rings. The predicted molar refractivity (Wildman–Crippen MR) is 97.6 cm³/mol. The molecule has 1 atom stereocenters. The summed E-state index contributed by atoms with van der Waals surface area (Å²) >= 11 is 0. The van der Waals surface area contributed by atoms with E-state index in [1.165, 1.54) is 12.8 Å². The van der Waals surface area contributed by atoms with E-state index in [1.54, 1.807) is 0 Å². The number of ether oxygens (including phenoxy) is 1. The Kier molecular flexibility index (Phi) is 4.95. The Bertz CT molecular complexity index is 578. The first-order valence-electron chi connectivity index (χ1n) is 9.67. The lowest BCUT2D eigenvalue weighted by Crippen LogP contribution is -2.50. The number of carbonyl (C=O) groups is 1. The second kappa shape index (κ2) is 7.34. The highest BCUT2D eigenvalue weighted by Crippen LogP contribution is 2.59. The van der Waals surface area contributed by atoms with Gasteiger partial charge in [-0.25, -0.2) is 0 Å². The van der Waals surface area contributed by atoms with Gasteiger partial charge in [-0.1, -0.05) is 18.2 Å². The van der Waals surface area contributed by atoms with Gasteiger partial charge in [0.2, 0.25) is 5.91 Å². The number of nitrogens with one attached hydrogen (secondary N) is 1. The van der Waals surface area contributed by atoms with Crippen molar-refractivity contribution in [1.29, 1.82) is 0 Å². The molecule has 2 heterocycles. The van der Waals surface area contributed by atoms with Crippen molar-refractivity contribution in [3.8, 4) is 5.75 Å². The highest BCUT2D eigenvalue weighted by molar-refractivity contribution is 5.82. The van der Waals surface area contributed by atoms with Crippen LogP contribution in [0.4, 0.5) is 0 Å². The first-order valence-corrected chi connectivity index (χ1v) is 9.67. The molecule has 2 saturated heterocycles. The van der Waals surface area contributed by atoms with Gasteiger partial charge < -0.3 is 15.0 Å². The van der Waals surface area contributed by atoms with Gasteiger partial charge in [-0.3, -0.25) is 9.69 Å². The zero-order valence-electron chi connectivity index (χ0n) is 15.0.